The van der Waals surface area contributed by atoms with Crippen LogP contribution in [0.15, 0.2) is 36.7 Å². The third-order valence-electron chi connectivity index (χ3n) is 5.41. The second kappa shape index (κ2) is 7.45. The molecule has 0 amide bonds. The molecule has 1 aromatic carbocycles. The zero-order valence-electron chi connectivity index (χ0n) is 14.3. The normalized spacial score (nSPS) is 22.9. The lowest BCUT2D eigenvalue weighted by Crippen LogP contribution is -2.40. The van der Waals surface area contributed by atoms with Crippen LogP contribution in [0.5, 0.6) is 0 Å². The van der Waals surface area contributed by atoms with Crippen molar-refractivity contribution >= 4 is 0 Å². The Morgan fingerprint density at radius 2 is 1.67 bits per heavy atom. The largest absolute Gasteiger partial charge is 0.302 e. The van der Waals surface area contributed by atoms with Crippen LogP contribution in [0.4, 0.5) is 0 Å². The van der Waals surface area contributed by atoms with Gasteiger partial charge in [0.05, 0.1) is 0 Å². The molecular weight excluding hydrogens is 298 g/mol. The van der Waals surface area contributed by atoms with Crippen LogP contribution in [0.2, 0.25) is 0 Å². The Morgan fingerprint density at radius 3 is 2.50 bits per heavy atom. The number of hydrogen-bond donors (Lipinski definition) is 0. The van der Waals surface area contributed by atoms with E-state index in [0.717, 1.165) is 18.1 Å². The van der Waals surface area contributed by atoms with E-state index in [9.17, 15) is 0 Å². The fourth-order valence-corrected chi connectivity index (χ4v) is 4.07. The number of rotatable bonds is 5. The summed E-state index contributed by atoms with van der Waals surface area (Å²) in [6.07, 6.45) is 7.08. The first-order valence-corrected chi connectivity index (χ1v) is 9.30. The molecular formula is C19H27N5. The minimum atomic E-state index is 0.486. The molecule has 0 radical (unpaired) electrons. The second-order valence-electron chi connectivity index (χ2n) is 7.08. The maximum Gasteiger partial charge on any atom is 0.141 e. The number of benzene rings is 1. The van der Waals surface area contributed by atoms with Crippen LogP contribution in [-0.4, -0.2) is 63.8 Å². The van der Waals surface area contributed by atoms with Gasteiger partial charge in [-0.1, -0.05) is 18.2 Å². The number of piperidine rings is 1. The first kappa shape index (κ1) is 15.8. The number of nitrogens with zero attached hydrogens (tertiary/aromatic N) is 5. The highest BCUT2D eigenvalue weighted by Gasteiger charge is 2.26. The van der Waals surface area contributed by atoms with Crippen LogP contribution in [0.3, 0.4) is 0 Å². The lowest BCUT2D eigenvalue weighted by atomic mass is 9.97. The molecule has 1 unspecified atom stereocenters. The maximum absolute atomic E-state index is 4.46. The monoisotopic (exact) mass is 325 g/mol. The van der Waals surface area contributed by atoms with E-state index in [-0.39, 0.29) is 0 Å². The molecule has 128 valence electrons. The van der Waals surface area contributed by atoms with E-state index in [0.29, 0.717) is 5.92 Å². The van der Waals surface area contributed by atoms with Crippen molar-refractivity contribution in [3.8, 4) is 5.69 Å². The van der Waals surface area contributed by atoms with Crippen molar-refractivity contribution < 1.29 is 0 Å². The second-order valence-corrected chi connectivity index (χ2v) is 7.08. The highest BCUT2D eigenvalue weighted by molar-refractivity contribution is 5.32. The Kier molecular flexibility index (Phi) is 4.90. The Balaban J connectivity index is 1.42. The number of aromatic nitrogens is 3. The average Bonchev–Trinajstić information content (AvgIpc) is 3.33. The number of likely N-dealkylation sites (tertiary alicyclic amines) is 2. The van der Waals surface area contributed by atoms with Crippen molar-refractivity contribution in [1.29, 1.82) is 0 Å². The van der Waals surface area contributed by atoms with Gasteiger partial charge in [0.25, 0.3) is 0 Å². The molecule has 2 saturated heterocycles. The van der Waals surface area contributed by atoms with Gasteiger partial charge in [0.2, 0.25) is 0 Å². The van der Waals surface area contributed by atoms with E-state index in [2.05, 4.69) is 48.8 Å². The smallest absolute Gasteiger partial charge is 0.141 e. The molecule has 0 saturated carbocycles. The standard InChI is InChI=1S/C19H27N5/c1-2-8-18(9-3-1)24-16-20-21-19(24)17-7-6-12-23(15-17)14-13-22-10-4-5-11-22/h1-3,8-9,16-17H,4-7,10-15H2. The molecule has 1 aromatic heterocycles. The van der Waals surface area contributed by atoms with E-state index in [1.165, 1.54) is 58.4 Å². The van der Waals surface area contributed by atoms with Crippen molar-refractivity contribution in [1.82, 2.24) is 24.6 Å². The summed E-state index contributed by atoms with van der Waals surface area (Å²) < 4.78 is 2.16. The Morgan fingerprint density at radius 1 is 0.917 bits per heavy atom. The third-order valence-corrected chi connectivity index (χ3v) is 5.41. The zero-order valence-corrected chi connectivity index (χ0v) is 14.3. The third kappa shape index (κ3) is 3.52. The molecule has 2 fully saturated rings. The molecule has 24 heavy (non-hydrogen) atoms. The molecule has 5 heteroatoms. The lowest BCUT2D eigenvalue weighted by molar-refractivity contribution is 0.178. The number of para-hydroxylation sites is 1. The summed E-state index contributed by atoms with van der Waals surface area (Å²) in [5.74, 6) is 1.60. The van der Waals surface area contributed by atoms with Crippen molar-refractivity contribution in [3.63, 3.8) is 0 Å². The molecule has 4 rings (SSSR count). The van der Waals surface area contributed by atoms with Crippen LogP contribution in [0.1, 0.15) is 37.4 Å². The SMILES string of the molecule is c1ccc(-n2cnnc2C2CCCN(CCN3CCCC3)C2)cc1. The molecule has 3 heterocycles. The minimum absolute atomic E-state index is 0.486. The average molecular weight is 325 g/mol. The molecule has 0 spiro atoms. The molecule has 0 N–H and O–H groups in total. The number of hydrogen-bond acceptors (Lipinski definition) is 4. The van der Waals surface area contributed by atoms with Gasteiger partial charge in [0, 0.05) is 31.2 Å². The van der Waals surface area contributed by atoms with Crippen LogP contribution >= 0.6 is 0 Å². The van der Waals surface area contributed by atoms with Crippen LogP contribution in [0, 0.1) is 0 Å². The van der Waals surface area contributed by atoms with Gasteiger partial charge in [-0.2, -0.15) is 0 Å². The van der Waals surface area contributed by atoms with Gasteiger partial charge in [-0.3, -0.25) is 4.57 Å². The van der Waals surface area contributed by atoms with Gasteiger partial charge >= 0.3 is 0 Å². The molecule has 2 aliphatic rings. The van der Waals surface area contributed by atoms with Gasteiger partial charge < -0.3 is 9.80 Å². The zero-order chi connectivity index (χ0) is 16.2. The van der Waals surface area contributed by atoms with E-state index in [1.54, 1.807) is 0 Å². The summed E-state index contributed by atoms with van der Waals surface area (Å²) in [4.78, 5) is 5.23. The quantitative estimate of drug-likeness (QED) is 0.847. The summed E-state index contributed by atoms with van der Waals surface area (Å²) >= 11 is 0. The van der Waals surface area contributed by atoms with Gasteiger partial charge in [0.1, 0.15) is 12.2 Å². The summed E-state index contributed by atoms with van der Waals surface area (Å²) in [6.45, 7) is 7.33. The molecule has 2 aromatic rings. The highest BCUT2D eigenvalue weighted by Crippen LogP contribution is 2.27. The molecule has 1 atom stereocenters. The topological polar surface area (TPSA) is 37.2 Å². The summed E-state index contributed by atoms with van der Waals surface area (Å²) in [5, 5.41) is 8.66. The van der Waals surface area contributed by atoms with Crippen LogP contribution in [0.25, 0.3) is 5.69 Å². The Bertz CT molecular complexity index is 632. The van der Waals surface area contributed by atoms with Crippen molar-refractivity contribution in [2.75, 3.05) is 39.3 Å². The van der Waals surface area contributed by atoms with E-state index in [4.69, 9.17) is 0 Å². The Hall–Kier alpha value is -1.72. The molecule has 5 nitrogen and oxygen atoms in total. The summed E-state index contributed by atoms with van der Waals surface area (Å²) in [6, 6.07) is 10.4. The lowest BCUT2D eigenvalue weighted by Gasteiger charge is -2.33. The van der Waals surface area contributed by atoms with Crippen molar-refractivity contribution in [2.24, 2.45) is 0 Å². The summed E-state index contributed by atoms with van der Waals surface area (Å²) in [7, 11) is 0. The Labute approximate surface area is 144 Å². The van der Waals surface area contributed by atoms with Gasteiger partial charge in [-0.25, -0.2) is 0 Å². The van der Waals surface area contributed by atoms with Gasteiger partial charge in [-0.05, 0) is 57.5 Å². The van der Waals surface area contributed by atoms with E-state index in [1.807, 2.05) is 12.4 Å². The van der Waals surface area contributed by atoms with Crippen LogP contribution < -0.4 is 0 Å². The minimum Gasteiger partial charge on any atom is -0.302 e. The predicted octanol–water partition coefficient (Wildman–Crippen LogP) is 2.54. The maximum atomic E-state index is 4.46. The fourth-order valence-electron chi connectivity index (χ4n) is 4.07. The van der Waals surface area contributed by atoms with Crippen molar-refractivity contribution in [3.05, 3.63) is 42.5 Å². The fraction of sp³-hybridized carbons (Fsp3) is 0.579. The highest BCUT2D eigenvalue weighted by atomic mass is 15.3. The molecule has 2 aliphatic heterocycles. The van der Waals surface area contributed by atoms with Gasteiger partial charge in [0.15, 0.2) is 0 Å². The van der Waals surface area contributed by atoms with Gasteiger partial charge in [-0.15, -0.1) is 10.2 Å². The van der Waals surface area contributed by atoms with Crippen LogP contribution in [-0.2, 0) is 0 Å². The summed E-state index contributed by atoms with van der Waals surface area (Å²) in [5.41, 5.74) is 1.16. The molecule has 0 bridgehead atoms. The molecule has 0 aliphatic carbocycles. The first-order valence-electron chi connectivity index (χ1n) is 9.30. The van der Waals surface area contributed by atoms with E-state index < -0.39 is 0 Å². The predicted molar refractivity (Wildman–Crippen MR) is 95.4 cm³/mol. The van der Waals surface area contributed by atoms with Crippen molar-refractivity contribution in [2.45, 2.75) is 31.6 Å². The van der Waals surface area contributed by atoms with E-state index >= 15 is 0 Å². The first-order chi connectivity index (χ1) is 11.9.